The van der Waals surface area contributed by atoms with Crippen molar-refractivity contribution in [3.05, 3.63) is 70.1 Å². The summed E-state index contributed by atoms with van der Waals surface area (Å²) < 4.78 is 5.77. The first-order valence-electron chi connectivity index (χ1n) is 7.52. The third-order valence-corrected chi connectivity index (χ3v) is 5.47. The number of hydrogen-bond acceptors (Lipinski definition) is 3. The summed E-state index contributed by atoms with van der Waals surface area (Å²) in [6.07, 6.45) is 0. The second-order valence-electron chi connectivity index (χ2n) is 5.59. The number of amides is 1. The lowest BCUT2D eigenvalue weighted by Gasteiger charge is -2.16. The monoisotopic (exact) mass is 355 g/mol. The molecule has 4 rings (SSSR count). The van der Waals surface area contributed by atoms with Gasteiger partial charge in [0.2, 0.25) is 0 Å². The highest BCUT2D eigenvalue weighted by molar-refractivity contribution is 7.17. The highest BCUT2D eigenvalue weighted by Crippen LogP contribution is 2.42. The van der Waals surface area contributed by atoms with E-state index in [0.29, 0.717) is 16.5 Å². The molecule has 3 nitrogen and oxygen atoms in total. The highest BCUT2D eigenvalue weighted by Gasteiger charge is 2.24. The third-order valence-electron chi connectivity index (χ3n) is 4.03. The minimum Gasteiger partial charge on any atom is -0.488 e. The van der Waals surface area contributed by atoms with Gasteiger partial charge in [-0.2, -0.15) is 0 Å². The fourth-order valence-corrected chi connectivity index (χ4v) is 4.13. The Morgan fingerprint density at radius 2 is 2.00 bits per heavy atom. The number of anilines is 1. The van der Waals surface area contributed by atoms with E-state index < -0.39 is 0 Å². The molecule has 0 aliphatic carbocycles. The lowest BCUT2D eigenvalue weighted by molar-refractivity contribution is 0.0997. The van der Waals surface area contributed by atoms with Crippen LogP contribution >= 0.6 is 22.9 Å². The Kier molecular flexibility index (Phi) is 3.79. The van der Waals surface area contributed by atoms with Gasteiger partial charge in [0.15, 0.2) is 0 Å². The molecule has 0 bridgehead atoms. The molecular weight excluding hydrogens is 342 g/mol. The molecule has 0 unspecified atom stereocenters. The zero-order valence-corrected chi connectivity index (χ0v) is 14.5. The molecule has 0 N–H and O–H groups in total. The van der Waals surface area contributed by atoms with Gasteiger partial charge in [-0.05, 0) is 36.4 Å². The number of carbonyl (C=O) groups is 1. The number of nitrogens with zero attached hydrogens (tertiary/aromatic N) is 1. The van der Waals surface area contributed by atoms with Crippen LogP contribution in [-0.2, 0) is 6.61 Å². The Bertz CT molecular complexity index is 935. The van der Waals surface area contributed by atoms with Crippen molar-refractivity contribution in [3.8, 4) is 16.2 Å². The van der Waals surface area contributed by atoms with E-state index in [1.165, 1.54) is 11.3 Å². The molecule has 24 heavy (non-hydrogen) atoms. The number of rotatable bonds is 2. The first kappa shape index (κ1) is 15.2. The number of carbonyl (C=O) groups excluding carboxylic acids is 1. The van der Waals surface area contributed by atoms with Crippen LogP contribution < -0.4 is 9.64 Å². The predicted molar refractivity (Wildman–Crippen MR) is 98.3 cm³/mol. The summed E-state index contributed by atoms with van der Waals surface area (Å²) in [5, 5.41) is 0.611. The van der Waals surface area contributed by atoms with Crippen molar-refractivity contribution in [2.45, 2.75) is 6.61 Å². The molecule has 1 aromatic heterocycles. The minimum absolute atomic E-state index is 0.0471. The molecule has 3 aromatic rings. The fraction of sp³-hybridized carbons (Fsp3) is 0.105. The van der Waals surface area contributed by atoms with E-state index in [2.05, 4.69) is 0 Å². The third kappa shape index (κ3) is 2.58. The van der Waals surface area contributed by atoms with E-state index in [-0.39, 0.29) is 5.91 Å². The lowest BCUT2D eigenvalue weighted by atomic mass is 10.1. The van der Waals surface area contributed by atoms with Crippen LogP contribution in [0.4, 0.5) is 5.69 Å². The van der Waals surface area contributed by atoms with Gasteiger partial charge in [-0.15, -0.1) is 11.3 Å². The predicted octanol–water partition coefficient (Wildman–Crippen LogP) is 5.24. The maximum atomic E-state index is 12.8. The van der Waals surface area contributed by atoms with Crippen molar-refractivity contribution < 1.29 is 9.53 Å². The topological polar surface area (TPSA) is 29.5 Å². The number of benzene rings is 2. The average molecular weight is 356 g/mol. The summed E-state index contributed by atoms with van der Waals surface area (Å²) in [5.74, 6) is 0.822. The van der Waals surface area contributed by atoms with Gasteiger partial charge in [0, 0.05) is 33.8 Å². The van der Waals surface area contributed by atoms with Gasteiger partial charge >= 0.3 is 0 Å². The molecule has 0 fully saturated rings. The molecule has 0 atom stereocenters. The maximum Gasteiger partial charge on any atom is 0.268 e. The number of fused-ring (bicyclic) bond motifs is 3. The van der Waals surface area contributed by atoms with E-state index >= 15 is 0 Å². The van der Waals surface area contributed by atoms with Crippen molar-refractivity contribution in [1.82, 2.24) is 0 Å². The summed E-state index contributed by atoms with van der Waals surface area (Å²) in [6.45, 7) is 0.497. The maximum absolute atomic E-state index is 12.8. The Hall–Kier alpha value is -2.30. The Balaban J connectivity index is 1.69. The molecule has 1 aliphatic heterocycles. The normalized spacial score (nSPS) is 12.1. The summed E-state index contributed by atoms with van der Waals surface area (Å²) >= 11 is 7.54. The molecule has 0 saturated heterocycles. The largest absolute Gasteiger partial charge is 0.488 e. The summed E-state index contributed by atoms with van der Waals surface area (Å²) in [5.41, 5.74) is 2.88. The average Bonchev–Trinajstić information content (AvgIpc) is 3.05. The van der Waals surface area contributed by atoms with Gasteiger partial charge in [-0.1, -0.05) is 29.8 Å². The van der Waals surface area contributed by atoms with Gasteiger partial charge in [-0.3, -0.25) is 4.79 Å². The molecule has 0 radical (unpaired) electrons. The molecular formula is C19H14ClNO2S. The smallest absolute Gasteiger partial charge is 0.268 e. The van der Waals surface area contributed by atoms with E-state index in [9.17, 15) is 4.79 Å². The standard InChI is InChI=1S/C19H14ClNO2S/c1-21(14-6-4-5-13(20)10-14)19(22)17-9-12-11-23-16-8-3-2-7-15(16)18(12)24-17/h2-10H,11H2,1H3. The van der Waals surface area contributed by atoms with Crippen molar-refractivity contribution in [3.63, 3.8) is 0 Å². The zero-order chi connectivity index (χ0) is 16.7. The summed E-state index contributed by atoms with van der Waals surface area (Å²) in [4.78, 5) is 16.3. The molecule has 2 aromatic carbocycles. The lowest BCUT2D eigenvalue weighted by Crippen LogP contribution is -2.25. The van der Waals surface area contributed by atoms with Gasteiger partial charge < -0.3 is 9.64 Å². The molecule has 0 saturated carbocycles. The van der Waals surface area contributed by atoms with Crippen LogP contribution in [0.15, 0.2) is 54.6 Å². The van der Waals surface area contributed by atoms with Crippen LogP contribution in [-0.4, -0.2) is 13.0 Å². The Morgan fingerprint density at radius 1 is 1.17 bits per heavy atom. The van der Waals surface area contributed by atoms with E-state index in [4.69, 9.17) is 16.3 Å². The minimum atomic E-state index is -0.0471. The van der Waals surface area contributed by atoms with Gasteiger partial charge in [0.25, 0.3) is 5.91 Å². The SMILES string of the molecule is CN(C(=O)c1cc2c(s1)-c1ccccc1OC2)c1cccc(Cl)c1. The summed E-state index contributed by atoms with van der Waals surface area (Å²) in [7, 11) is 1.76. The van der Waals surface area contributed by atoms with Gasteiger partial charge in [-0.25, -0.2) is 0 Å². The molecule has 2 heterocycles. The number of hydrogen-bond donors (Lipinski definition) is 0. The van der Waals surface area contributed by atoms with Gasteiger partial charge in [0.05, 0.1) is 4.88 Å². The summed E-state index contributed by atoms with van der Waals surface area (Å²) in [6, 6.07) is 17.1. The second kappa shape index (κ2) is 5.96. The number of para-hydroxylation sites is 1. The first-order valence-corrected chi connectivity index (χ1v) is 8.71. The first-order chi connectivity index (χ1) is 11.6. The molecule has 1 aliphatic rings. The zero-order valence-electron chi connectivity index (χ0n) is 13.0. The van der Waals surface area contributed by atoms with E-state index in [0.717, 1.165) is 27.4 Å². The van der Waals surface area contributed by atoms with E-state index in [1.807, 2.05) is 42.5 Å². The van der Waals surface area contributed by atoms with Crippen LogP contribution in [0.2, 0.25) is 5.02 Å². The van der Waals surface area contributed by atoms with Crippen LogP contribution in [0.1, 0.15) is 15.2 Å². The Labute approximate surface area is 149 Å². The van der Waals surface area contributed by atoms with Gasteiger partial charge in [0.1, 0.15) is 12.4 Å². The van der Waals surface area contributed by atoms with Crippen molar-refractivity contribution in [2.75, 3.05) is 11.9 Å². The number of thiophene rings is 1. The number of ether oxygens (including phenoxy) is 1. The quantitative estimate of drug-likeness (QED) is 0.629. The van der Waals surface area contributed by atoms with E-state index in [1.54, 1.807) is 24.1 Å². The van der Waals surface area contributed by atoms with Crippen molar-refractivity contribution in [1.29, 1.82) is 0 Å². The van der Waals surface area contributed by atoms with Crippen molar-refractivity contribution in [2.24, 2.45) is 0 Å². The van der Waals surface area contributed by atoms with Crippen LogP contribution in [0.5, 0.6) is 5.75 Å². The molecule has 0 spiro atoms. The van der Waals surface area contributed by atoms with Crippen LogP contribution in [0.3, 0.4) is 0 Å². The molecule has 120 valence electrons. The fourth-order valence-electron chi connectivity index (χ4n) is 2.77. The Morgan fingerprint density at radius 3 is 2.83 bits per heavy atom. The van der Waals surface area contributed by atoms with Crippen molar-refractivity contribution >= 4 is 34.5 Å². The number of halogens is 1. The molecule has 5 heteroatoms. The molecule has 1 amide bonds. The van der Waals surface area contributed by atoms with Crippen LogP contribution in [0, 0.1) is 0 Å². The van der Waals surface area contributed by atoms with Crippen LogP contribution in [0.25, 0.3) is 10.4 Å². The highest BCUT2D eigenvalue weighted by atomic mass is 35.5. The second-order valence-corrected chi connectivity index (χ2v) is 7.08.